The van der Waals surface area contributed by atoms with E-state index in [4.69, 9.17) is 0 Å². The lowest BCUT2D eigenvalue weighted by atomic mass is 9.55. The molecular formula is C42H81N3. The first kappa shape index (κ1) is 37.7. The molecule has 6 rings (SSSR count). The van der Waals surface area contributed by atoms with E-state index in [1.165, 1.54) is 96.9 Å². The van der Waals surface area contributed by atoms with Gasteiger partial charge in [0.15, 0.2) is 0 Å². The SMILES string of the molecule is CC1C(C)C2C1CCCCCN2C(C)C.CC1C(C)C2CCN(C(C)C)CCCC12.CC1C(C)C2CN(C(C)C)CCCCC12. The van der Waals surface area contributed by atoms with E-state index in [-0.39, 0.29) is 0 Å². The largest absolute Gasteiger partial charge is 0.301 e. The summed E-state index contributed by atoms with van der Waals surface area (Å²) in [6.07, 6.45) is 14.6. The van der Waals surface area contributed by atoms with Gasteiger partial charge in [0.1, 0.15) is 0 Å². The van der Waals surface area contributed by atoms with Crippen LogP contribution in [0.15, 0.2) is 0 Å². The topological polar surface area (TPSA) is 9.72 Å². The molecule has 12 atom stereocenters. The minimum atomic E-state index is 0.741. The predicted molar refractivity (Wildman–Crippen MR) is 198 cm³/mol. The Kier molecular flexibility index (Phi) is 14.2. The average Bonchev–Trinajstić information content (AvgIpc) is 2.97. The minimum Gasteiger partial charge on any atom is -0.301 e. The standard InChI is InChI=1S/3C14H27N/c1-10(2)15-8-5-6-13-11(3)12(4)14(13)7-9-15;1-10(2)15-8-6-5-7-13-11(3)12(4)14(13)9-15;1-10(2)15-9-7-5-6-8-13-11(3)12(4)14(13)15/h3*10-14H,5-9H2,1-4H3. The monoisotopic (exact) mass is 628 g/mol. The zero-order valence-electron chi connectivity index (χ0n) is 32.6. The molecule has 3 heterocycles. The van der Waals surface area contributed by atoms with Gasteiger partial charge < -0.3 is 9.80 Å². The summed E-state index contributed by atoms with van der Waals surface area (Å²) < 4.78 is 0. The molecule has 0 N–H and O–H groups in total. The molecule has 12 unspecified atom stereocenters. The highest BCUT2D eigenvalue weighted by Crippen LogP contribution is 2.51. The normalized spacial score (nSPS) is 43.0. The lowest BCUT2D eigenvalue weighted by Crippen LogP contribution is -2.60. The van der Waals surface area contributed by atoms with Gasteiger partial charge in [-0.2, -0.15) is 0 Å². The van der Waals surface area contributed by atoms with E-state index in [1.807, 2.05) is 0 Å². The lowest BCUT2D eigenvalue weighted by Gasteiger charge is -2.56. The van der Waals surface area contributed by atoms with Crippen LogP contribution in [0.3, 0.4) is 0 Å². The minimum absolute atomic E-state index is 0.741. The molecule has 3 aliphatic heterocycles. The Morgan fingerprint density at radius 2 is 0.844 bits per heavy atom. The van der Waals surface area contributed by atoms with Gasteiger partial charge in [-0.15, -0.1) is 0 Å². The van der Waals surface area contributed by atoms with Crippen molar-refractivity contribution in [2.24, 2.45) is 65.1 Å². The van der Waals surface area contributed by atoms with E-state index in [0.717, 1.165) is 89.3 Å². The molecule has 3 heteroatoms. The van der Waals surface area contributed by atoms with Gasteiger partial charge in [-0.1, -0.05) is 60.8 Å². The number of hydrogen-bond donors (Lipinski definition) is 0. The lowest BCUT2D eigenvalue weighted by molar-refractivity contribution is -0.0726. The summed E-state index contributed by atoms with van der Waals surface area (Å²) >= 11 is 0. The second-order valence-electron chi connectivity index (χ2n) is 18.3. The Bertz CT molecular complexity index is 849. The average molecular weight is 628 g/mol. The Balaban J connectivity index is 0.000000154. The molecule has 6 fully saturated rings. The smallest absolute Gasteiger partial charge is 0.0157 e. The molecule has 0 radical (unpaired) electrons. The molecule has 0 aromatic carbocycles. The third kappa shape index (κ3) is 8.73. The Morgan fingerprint density at radius 3 is 1.47 bits per heavy atom. The highest BCUT2D eigenvalue weighted by molar-refractivity contribution is 5.00. The number of fused-ring (bicyclic) bond motifs is 3. The molecule has 6 aliphatic rings. The number of nitrogens with zero attached hydrogens (tertiary/aromatic N) is 3. The number of rotatable bonds is 3. The molecule has 264 valence electrons. The van der Waals surface area contributed by atoms with Crippen molar-refractivity contribution in [3.05, 3.63) is 0 Å². The molecule has 45 heavy (non-hydrogen) atoms. The van der Waals surface area contributed by atoms with Gasteiger partial charge in [-0.25, -0.2) is 0 Å². The van der Waals surface area contributed by atoms with Crippen molar-refractivity contribution in [2.75, 3.05) is 32.7 Å². The zero-order chi connectivity index (χ0) is 33.0. The molecule has 0 bridgehead atoms. The van der Waals surface area contributed by atoms with Crippen LogP contribution in [0.4, 0.5) is 0 Å². The summed E-state index contributed by atoms with van der Waals surface area (Å²) in [5.41, 5.74) is 0. The van der Waals surface area contributed by atoms with Gasteiger partial charge in [0.05, 0.1) is 0 Å². The van der Waals surface area contributed by atoms with E-state index >= 15 is 0 Å². The van der Waals surface area contributed by atoms with Crippen LogP contribution in [0.5, 0.6) is 0 Å². The van der Waals surface area contributed by atoms with Crippen LogP contribution < -0.4 is 0 Å². The molecule has 0 amide bonds. The highest BCUT2D eigenvalue weighted by atomic mass is 15.2. The summed E-state index contributed by atoms with van der Waals surface area (Å²) in [4.78, 5) is 8.17. The van der Waals surface area contributed by atoms with E-state index in [0.29, 0.717) is 0 Å². The number of likely N-dealkylation sites (tertiary alicyclic amines) is 3. The molecule has 3 saturated heterocycles. The highest BCUT2D eigenvalue weighted by Gasteiger charge is 2.48. The summed E-state index contributed by atoms with van der Waals surface area (Å²) in [5, 5.41) is 0. The Morgan fingerprint density at radius 1 is 0.378 bits per heavy atom. The summed E-state index contributed by atoms with van der Waals surface area (Å²) in [6, 6.07) is 3.13. The van der Waals surface area contributed by atoms with Gasteiger partial charge >= 0.3 is 0 Å². The first-order chi connectivity index (χ1) is 21.3. The number of hydrogen-bond acceptors (Lipinski definition) is 3. The maximum atomic E-state index is 2.79. The fourth-order valence-electron chi connectivity index (χ4n) is 11.4. The zero-order valence-corrected chi connectivity index (χ0v) is 32.6. The van der Waals surface area contributed by atoms with Crippen LogP contribution in [-0.4, -0.2) is 71.6 Å². The summed E-state index contributed by atoms with van der Waals surface area (Å²) in [5.74, 6) is 11.0. The van der Waals surface area contributed by atoms with Crippen molar-refractivity contribution in [2.45, 2.75) is 171 Å². The first-order valence-corrected chi connectivity index (χ1v) is 20.6. The quantitative estimate of drug-likeness (QED) is 0.308. The Hall–Kier alpha value is -0.120. The fraction of sp³-hybridized carbons (Fsp3) is 1.00. The van der Waals surface area contributed by atoms with Crippen molar-refractivity contribution >= 4 is 0 Å². The van der Waals surface area contributed by atoms with E-state index in [1.54, 1.807) is 0 Å². The second-order valence-corrected chi connectivity index (χ2v) is 18.3. The van der Waals surface area contributed by atoms with Crippen LogP contribution in [0, 0.1) is 65.1 Å². The molecule has 0 spiro atoms. The van der Waals surface area contributed by atoms with Gasteiger partial charge in [-0.05, 0) is 178 Å². The van der Waals surface area contributed by atoms with Gasteiger partial charge in [0.25, 0.3) is 0 Å². The molecule has 3 aliphatic carbocycles. The Labute approximate surface area is 283 Å². The van der Waals surface area contributed by atoms with Gasteiger partial charge in [0, 0.05) is 30.7 Å². The second kappa shape index (κ2) is 17.0. The molecule has 0 aromatic rings. The predicted octanol–water partition coefficient (Wildman–Crippen LogP) is 10.3. The summed E-state index contributed by atoms with van der Waals surface area (Å²) in [7, 11) is 0. The fourth-order valence-corrected chi connectivity index (χ4v) is 11.4. The molecule has 3 saturated carbocycles. The van der Waals surface area contributed by atoms with Crippen LogP contribution >= 0.6 is 0 Å². The van der Waals surface area contributed by atoms with Gasteiger partial charge in [0.2, 0.25) is 0 Å². The van der Waals surface area contributed by atoms with Crippen molar-refractivity contribution in [1.82, 2.24) is 14.7 Å². The van der Waals surface area contributed by atoms with E-state index < -0.39 is 0 Å². The van der Waals surface area contributed by atoms with Crippen LogP contribution in [-0.2, 0) is 0 Å². The van der Waals surface area contributed by atoms with Crippen LogP contribution in [0.25, 0.3) is 0 Å². The summed E-state index contributed by atoms with van der Waals surface area (Å²) in [6.45, 7) is 35.6. The first-order valence-electron chi connectivity index (χ1n) is 20.6. The molecule has 3 nitrogen and oxygen atoms in total. The third-order valence-corrected chi connectivity index (χ3v) is 15.3. The maximum Gasteiger partial charge on any atom is 0.0157 e. The van der Waals surface area contributed by atoms with Gasteiger partial charge in [-0.3, -0.25) is 4.90 Å². The van der Waals surface area contributed by atoms with E-state index in [9.17, 15) is 0 Å². The van der Waals surface area contributed by atoms with Crippen molar-refractivity contribution in [1.29, 1.82) is 0 Å². The third-order valence-electron chi connectivity index (χ3n) is 15.3. The van der Waals surface area contributed by atoms with Crippen molar-refractivity contribution in [3.8, 4) is 0 Å². The van der Waals surface area contributed by atoms with Crippen molar-refractivity contribution < 1.29 is 0 Å². The maximum absolute atomic E-state index is 2.79. The van der Waals surface area contributed by atoms with Crippen LogP contribution in [0.1, 0.15) is 147 Å². The van der Waals surface area contributed by atoms with Crippen molar-refractivity contribution in [3.63, 3.8) is 0 Å². The van der Waals surface area contributed by atoms with E-state index in [2.05, 4.69) is 97.8 Å². The molecule has 0 aromatic heterocycles. The molecular weight excluding hydrogens is 546 g/mol. The van der Waals surface area contributed by atoms with Crippen LogP contribution in [0.2, 0.25) is 0 Å².